The summed E-state index contributed by atoms with van der Waals surface area (Å²) in [6.45, 7) is 5.61. The van der Waals surface area contributed by atoms with Crippen molar-refractivity contribution in [2.24, 2.45) is 4.99 Å². The van der Waals surface area contributed by atoms with Crippen LogP contribution in [0.15, 0.2) is 4.99 Å². The molecule has 0 fully saturated rings. The standard InChI is InChI=1S/C5H9N2/c1-2-5-6-3-4-7-5/h1-4H2,(H,6,7). The van der Waals surface area contributed by atoms with Crippen molar-refractivity contribution in [3.63, 3.8) is 0 Å². The van der Waals surface area contributed by atoms with E-state index in [4.69, 9.17) is 0 Å². The van der Waals surface area contributed by atoms with Crippen LogP contribution in [0, 0.1) is 6.92 Å². The van der Waals surface area contributed by atoms with Gasteiger partial charge in [-0.3, -0.25) is 4.99 Å². The minimum atomic E-state index is 0.806. The number of nitrogens with zero attached hydrogens (tertiary/aromatic N) is 1. The van der Waals surface area contributed by atoms with Gasteiger partial charge in [-0.05, 0) is 6.92 Å². The molecule has 0 aromatic rings. The quantitative estimate of drug-likeness (QED) is 0.497. The van der Waals surface area contributed by atoms with Gasteiger partial charge in [0.25, 0.3) is 0 Å². The first-order valence-electron chi connectivity index (χ1n) is 2.50. The molecule has 1 heterocycles. The maximum absolute atomic E-state index is 4.10. The molecule has 0 aromatic carbocycles. The molecule has 0 atom stereocenters. The lowest BCUT2D eigenvalue weighted by Crippen LogP contribution is -2.16. The lowest BCUT2D eigenvalue weighted by molar-refractivity contribution is 0.955. The summed E-state index contributed by atoms with van der Waals surface area (Å²) in [6, 6.07) is 0. The molecule has 1 rings (SSSR count). The molecular weight excluding hydrogens is 88.1 g/mol. The number of rotatable bonds is 1. The van der Waals surface area contributed by atoms with E-state index in [0.717, 1.165) is 25.3 Å². The molecule has 0 spiro atoms. The fourth-order valence-corrected chi connectivity index (χ4v) is 0.614. The molecule has 0 aromatic heterocycles. The molecule has 1 radical (unpaired) electrons. The van der Waals surface area contributed by atoms with Crippen LogP contribution >= 0.6 is 0 Å². The van der Waals surface area contributed by atoms with Crippen LogP contribution in [0.3, 0.4) is 0 Å². The number of nitrogens with one attached hydrogen (secondary N) is 1. The average Bonchev–Trinajstić information content (AvgIpc) is 2.14. The highest BCUT2D eigenvalue weighted by Gasteiger charge is 1.98. The molecule has 1 N–H and O–H groups in total. The van der Waals surface area contributed by atoms with Gasteiger partial charge in [0, 0.05) is 13.0 Å². The number of hydrogen-bond acceptors (Lipinski definition) is 2. The fourth-order valence-electron chi connectivity index (χ4n) is 0.614. The van der Waals surface area contributed by atoms with Crippen molar-refractivity contribution in [2.45, 2.75) is 6.42 Å². The minimum Gasteiger partial charge on any atom is -0.372 e. The molecular formula is C5H9N2. The second kappa shape index (κ2) is 1.96. The van der Waals surface area contributed by atoms with Gasteiger partial charge in [-0.15, -0.1) is 0 Å². The largest absolute Gasteiger partial charge is 0.372 e. The van der Waals surface area contributed by atoms with E-state index in [1.165, 1.54) is 0 Å². The Bertz CT molecular complexity index is 86.1. The van der Waals surface area contributed by atoms with Gasteiger partial charge in [-0.25, -0.2) is 0 Å². The van der Waals surface area contributed by atoms with E-state index in [1.54, 1.807) is 0 Å². The zero-order chi connectivity index (χ0) is 5.11. The monoisotopic (exact) mass is 97.1 g/mol. The first-order valence-corrected chi connectivity index (χ1v) is 2.50. The third-order valence-electron chi connectivity index (χ3n) is 0.980. The van der Waals surface area contributed by atoms with Crippen molar-refractivity contribution in [2.75, 3.05) is 13.1 Å². The summed E-state index contributed by atoms with van der Waals surface area (Å²) in [5, 5.41) is 3.09. The fraction of sp³-hybridized carbons (Fsp3) is 0.600. The SMILES string of the molecule is [CH2]CC1=NCCN1. The number of aliphatic imine (C=N–C) groups is 1. The topological polar surface area (TPSA) is 24.4 Å². The van der Waals surface area contributed by atoms with Crippen LogP contribution in [0.2, 0.25) is 0 Å². The van der Waals surface area contributed by atoms with Crippen molar-refractivity contribution in [1.29, 1.82) is 0 Å². The van der Waals surface area contributed by atoms with Crippen molar-refractivity contribution in [1.82, 2.24) is 5.32 Å². The van der Waals surface area contributed by atoms with E-state index in [-0.39, 0.29) is 0 Å². The Morgan fingerprint density at radius 3 is 3.00 bits per heavy atom. The predicted octanol–water partition coefficient (Wildman–Crippen LogP) is 0.212. The Morgan fingerprint density at radius 2 is 2.71 bits per heavy atom. The van der Waals surface area contributed by atoms with Crippen molar-refractivity contribution in [3.8, 4) is 0 Å². The van der Waals surface area contributed by atoms with Crippen LogP contribution in [0.5, 0.6) is 0 Å². The molecule has 0 saturated heterocycles. The van der Waals surface area contributed by atoms with Gasteiger partial charge in [0.2, 0.25) is 0 Å². The first-order chi connectivity index (χ1) is 3.43. The summed E-state index contributed by atoms with van der Waals surface area (Å²) in [5.41, 5.74) is 0. The highest BCUT2D eigenvalue weighted by Crippen LogP contribution is 1.86. The smallest absolute Gasteiger partial charge is 0.0964 e. The van der Waals surface area contributed by atoms with Crippen molar-refractivity contribution >= 4 is 5.84 Å². The maximum Gasteiger partial charge on any atom is 0.0964 e. The van der Waals surface area contributed by atoms with Crippen LogP contribution in [-0.2, 0) is 0 Å². The summed E-state index contributed by atoms with van der Waals surface area (Å²) in [4.78, 5) is 4.10. The van der Waals surface area contributed by atoms with E-state index in [1.807, 2.05) is 0 Å². The first kappa shape index (κ1) is 4.62. The normalized spacial score (nSPS) is 18.7. The Balaban J connectivity index is 2.36. The number of hydrogen-bond donors (Lipinski definition) is 1. The molecule has 7 heavy (non-hydrogen) atoms. The highest BCUT2D eigenvalue weighted by atomic mass is 15.1. The Morgan fingerprint density at radius 1 is 1.86 bits per heavy atom. The van der Waals surface area contributed by atoms with Crippen LogP contribution < -0.4 is 5.32 Å². The zero-order valence-corrected chi connectivity index (χ0v) is 4.28. The van der Waals surface area contributed by atoms with Crippen LogP contribution in [0.4, 0.5) is 0 Å². The van der Waals surface area contributed by atoms with E-state index >= 15 is 0 Å². The molecule has 0 unspecified atom stereocenters. The molecule has 0 bridgehead atoms. The third kappa shape index (κ3) is 0.918. The van der Waals surface area contributed by atoms with Gasteiger partial charge in [0.05, 0.1) is 12.4 Å². The number of amidine groups is 1. The van der Waals surface area contributed by atoms with Gasteiger partial charge in [0.15, 0.2) is 0 Å². The summed E-state index contributed by atoms with van der Waals surface area (Å²) in [6.07, 6.45) is 0.806. The van der Waals surface area contributed by atoms with Gasteiger partial charge < -0.3 is 5.32 Å². The van der Waals surface area contributed by atoms with Crippen molar-refractivity contribution < 1.29 is 0 Å². The zero-order valence-electron chi connectivity index (χ0n) is 4.28. The van der Waals surface area contributed by atoms with Crippen LogP contribution in [0.1, 0.15) is 6.42 Å². The lowest BCUT2D eigenvalue weighted by Gasteiger charge is -1.91. The lowest BCUT2D eigenvalue weighted by atomic mass is 10.4. The van der Waals surface area contributed by atoms with Gasteiger partial charge in [-0.1, -0.05) is 0 Å². The maximum atomic E-state index is 4.10. The summed E-state index contributed by atoms with van der Waals surface area (Å²) in [5.74, 6) is 1.06. The van der Waals surface area contributed by atoms with Crippen molar-refractivity contribution in [3.05, 3.63) is 6.92 Å². The summed E-state index contributed by atoms with van der Waals surface area (Å²) in [7, 11) is 0. The molecule has 0 aliphatic carbocycles. The molecule has 39 valence electrons. The summed E-state index contributed by atoms with van der Waals surface area (Å²) < 4.78 is 0. The Kier molecular flexibility index (Phi) is 1.29. The van der Waals surface area contributed by atoms with E-state index in [2.05, 4.69) is 17.2 Å². The Hall–Kier alpha value is -0.530. The van der Waals surface area contributed by atoms with Gasteiger partial charge in [-0.2, -0.15) is 0 Å². The molecule has 0 amide bonds. The van der Waals surface area contributed by atoms with E-state index < -0.39 is 0 Å². The summed E-state index contributed by atoms with van der Waals surface area (Å²) >= 11 is 0. The predicted molar refractivity (Wildman–Crippen MR) is 30.3 cm³/mol. The molecule has 0 saturated carbocycles. The van der Waals surface area contributed by atoms with E-state index in [9.17, 15) is 0 Å². The minimum absolute atomic E-state index is 0.806. The second-order valence-corrected chi connectivity index (χ2v) is 1.51. The molecule has 2 nitrogen and oxygen atoms in total. The van der Waals surface area contributed by atoms with Crippen LogP contribution in [0.25, 0.3) is 0 Å². The second-order valence-electron chi connectivity index (χ2n) is 1.51. The average molecular weight is 97.1 g/mol. The van der Waals surface area contributed by atoms with E-state index in [0.29, 0.717) is 0 Å². The Labute approximate surface area is 43.6 Å². The van der Waals surface area contributed by atoms with Crippen LogP contribution in [-0.4, -0.2) is 18.9 Å². The van der Waals surface area contributed by atoms with Gasteiger partial charge >= 0.3 is 0 Å². The molecule has 1 aliphatic rings. The molecule has 2 heteroatoms. The highest BCUT2D eigenvalue weighted by molar-refractivity contribution is 5.83. The van der Waals surface area contributed by atoms with Gasteiger partial charge in [0.1, 0.15) is 0 Å². The third-order valence-corrected chi connectivity index (χ3v) is 0.980. The molecule has 1 aliphatic heterocycles.